The molecule has 1 amide bonds. The molecule has 1 aliphatic carbocycles. The van der Waals surface area contributed by atoms with Gasteiger partial charge in [0.2, 0.25) is 11.3 Å². The first-order chi connectivity index (χ1) is 13.5. The zero-order chi connectivity index (χ0) is 20.1. The van der Waals surface area contributed by atoms with E-state index in [1.54, 1.807) is 24.3 Å². The van der Waals surface area contributed by atoms with Gasteiger partial charge in [-0.3, -0.25) is 9.69 Å². The molecule has 0 radical (unpaired) electrons. The number of anilines is 1. The van der Waals surface area contributed by atoms with Gasteiger partial charge in [-0.1, -0.05) is 31.2 Å². The lowest BCUT2D eigenvalue weighted by atomic mass is 9.48. The van der Waals surface area contributed by atoms with E-state index in [2.05, 4.69) is 16.3 Å². The van der Waals surface area contributed by atoms with Crippen LogP contribution in [0.1, 0.15) is 12.5 Å². The molecule has 0 aromatic heterocycles. The fourth-order valence-corrected chi connectivity index (χ4v) is 4.97. The molecule has 4 rings (SSSR count). The average Bonchev–Trinajstić information content (AvgIpc) is 3.02. The number of benzene rings is 1. The molecule has 1 aromatic rings. The van der Waals surface area contributed by atoms with Gasteiger partial charge in [0.15, 0.2) is 0 Å². The summed E-state index contributed by atoms with van der Waals surface area (Å²) in [6.45, 7) is 3.82. The maximum absolute atomic E-state index is 13.5. The van der Waals surface area contributed by atoms with E-state index in [4.69, 9.17) is 5.73 Å². The Morgan fingerprint density at radius 1 is 1.29 bits per heavy atom. The van der Waals surface area contributed by atoms with E-state index >= 15 is 0 Å². The fourth-order valence-electron chi connectivity index (χ4n) is 4.97. The van der Waals surface area contributed by atoms with Crippen LogP contribution in [0.2, 0.25) is 0 Å². The van der Waals surface area contributed by atoms with E-state index in [0.717, 1.165) is 6.54 Å². The van der Waals surface area contributed by atoms with Gasteiger partial charge in [-0.05, 0) is 23.7 Å². The Labute approximate surface area is 162 Å². The van der Waals surface area contributed by atoms with Gasteiger partial charge in [0.25, 0.3) is 0 Å². The van der Waals surface area contributed by atoms with Crippen LogP contribution < -0.4 is 11.1 Å². The lowest BCUT2D eigenvalue weighted by Crippen LogP contribution is -2.62. The van der Waals surface area contributed by atoms with Crippen LogP contribution >= 0.6 is 0 Å². The SMILES string of the molecule is CCN1CC=C2C(C#N)=C(N)C(C#N)(C#N)[C@]3(C(=O)Nc4ccccc43)[C@H]2C1. The number of rotatable bonds is 1. The molecule has 2 atom stereocenters. The molecule has 2 heterocycles. The smallest absolute Gasteiger partial charge is 0.238 e. The van der Waals surface area contributed by atoms with Crippen molar-refractivity contribution in [3.8, 4) is 18.2 Å². The van der Waals surface area contributed by atoms with Gasteiger partial charge in [0.05, 0.1) is 23.4 Å². The number of fused-ring (bicyclic) bond motifs is 4. The Bertz CT molecular complexity index is 1070. The van der Waals surface area contributed by atoms with Gasteiger partial charge < -0.3 is 11.1 Å². The quantitative estimate of drug-likeness (QED) is 0.771. The van der Waals surface area contributed by atoms with Crippen LogP contribution in [-0.4, -0.2) is 30.4 Å². The minimum Gasteiger partial charge on any atom is -0.399 e. The Balaban J connectivity index is 2.17. The van der Waals surface area contributed by atoms with Crippen molar-refractivity contribution in [3.05, 3.63) is 52.7 Å². The fraction of sp³-hybridized carbons (Fsp3) is 0.333. The van der Waals surface area contributed by atoms with Gasteiger partial charge >= 0.3 is 0 Å². The molecule has 0 unspecified atom stereocenters. The van der Waals surface area contributed by atoms with Gasteiger partial charge in [0.1, 0.15) is 11.5 Å². The molecule has 0 saturated heterocycles. The minimum atomic E-state index is -1.98. The Hall–Kier alpha value is -3.60. The standard InChI is InChI=1S/C21H18N6O/c1-2-27-8-7-13-14(9-22)18(25)20(11-23,12-24)21(16(13)10-27)15-5-3-4-6-17(15)26-19(21)28/h3-7,16H,2,8,10,25H2,1H3,(H,26,28)/t16-,21-/m0/s1. The summed E-state index contributed by atoms with van der Waals surface area (Å²) in [4.78, 5) is 15.6. The maximum Gasteiger partial charge on any atom is 0.238 e. The van der Waals surface area contributed by atoms with Crippen molar-refractivity contribution < 1.29 is 4.79 Å². The maximum atomic E-state index is 13.5. The van der Waals surface area contributed by atoms with Crippen molar-refractivity contribution in [1.29, 1.82) is 15.8 Å². The van der Waals surface area contributed by atoms with Crippen molar-refractivity contribution in [2.75, 3.05) is 25.0 Å². The molecule has 28 heavy (non-hydrogen) atoms. The molecule has 0 fully saturated rings. The van der Waals surface area contributed by atoms with Crippen molar-refractivity contribution in [2.24, 2.45) is 17.1 Å². The number of amides is 1. The van der Waals surface area contributed by atoms with Crippen molar-refractivity contribution in [2.45, 2.75) is 12.3 Å². The number of nitriles is 3. The van der Waals surface area contributed by atoms with Crippen molar-refractivity contribution in [1.82, 2.24) is 4.90 Å². The number of hydrogen-bond acceptors (Lipinski definition) is 6. The summed E-state index contributed by atoms with van der Waals surface area (Å²) in [6.07, 6.45) is 1.90. The third kappa shape index (κ3) is 1.80. The Morgan fingerprint density at radius 2 is 2.00 bits per heavy atom. The van der Waals surface area contributed by atoms with Crippen LogP contribution in [0, 0.1) is 45.3 Å². The number of allylic oxidation sites excluding steroid dienone is 2. The summed E-state index contributed by atoms with van der Waals surface area (Å²) in [5, 5.41) is 33.0. The van der Waals surface area contributed by atoms with E-state index in [1.165, 1.54) is 0 Å². The monoisotopic (exact) mass is 370 g/mol. The second-order valence-corrected chi connectivity index (χ2v) is 7.25. The lowest BCUT2D eigenvalue weighted by molar-refractivity contribution is -0.125. The molecular weight excluding hydrogens is 352 g/mol. The van der Waals surface area contributed by atoms with Gasteiger partial charge in [-0.15, -0.1) is 0 Å². The molecule has 3 aliphatic rings. The third-order valence-corrected chi connectivity index (χ3v) is 6.31. The number of nitrogens with one attached hydrogen (secondary N) is 1. The van der Waals surface area contributed by atoms with Crippen LogP contribution in [0.3, 0.4) is 0 Å². The first kappa shape index (κ1) is 17.8. The topological polar surface area (TPSA) is 130 Å². The summed E-state index contributed by atoms with van der Waals surface area (Å²) in [6, 6.07) is 13.3. The van der Waals surface area contributed by atoms with E-state index in [9.17, 15) is 20.6 Å². The normalized spacial score (nSPS) is 27.7. The van der Waals surface area contributed by atoms with E-state index in [-0.39, 0.29) is 11.3 Å². The number of likely N-dealkylation sites (N-methyl/N-ethyl adjacent to an activating group) is 1. The number of carbonyl (C=O) groups excluding carboxylic acids is 1. The largest absolute Gasteiger partial charge is 0.399 e. The van der Waals surface area contributed by atoms with Crippen LogP contribution in [0.5, 0.6) is 0 Å². The van der Waals surface area contributed by atoms with Crippen molar-refractivity contribution in [3.63, 3.8) is 0 Å². The summed E-state index contributed by atoms with van der Waals surface area (Å²) in [5.74, 6) is -0.961. The molecule has 0 bridgehead atoms. The summed E-state index contributed by atoms with van der Waals surface area (Å²) >= 11 is 0. The second kappa shape index (κ2) is 5.96. The predicted molar refractivity (Wildman–Crippen MR) is 101 cm³/mol. The molecule has 0 saturated carbocycles. The zero-order valence-electron chi connectivity index (χ0n) is 15.4. The second-order valence-electron chi connectivity index (χ2n) is 7.25. The Kier molecular flexibility index (Phi) is 3.79. The molecule has 1 spiro atoms. The van der Waals surface area contributed by atoms with E-state index < -0.39 is 22.7 Å². The van der Waals surface area contributed by atoms with Gasteiger partial charge in [0, 0.05) is 24.7 Å². The molecule has 1 aromatic carbocycles. The van der Waals surface area contributed by atoms with Gasteiger partial charge in [-0.25, -0.2) is 0 Å². The number of carbonyl (C=O) groups is 1. The molecule has 7 heteroatoms. The van der Waals surface area contributed by atoms with Crippen LogP contribution in [0.4, 0.5) is 5.69 Å². The molecule has 3 N–H and O–H groups in total. The number of para-hydroxylation sites is 1. The summed E-state index contributed by atoms with van der Waals surface area (Å²) in [5.41, 5.74) is 4.63. The highest BCUT2D eigenvalue weighted by molar-refractivity contribution is 6.09. The van der Waals surface area contributed by atoms with Crippen molar-refractivity contribution >= 4 is 11.6 Å². The molecular formula is C21H18N6O. The Morgan fingerprint density at radius 3 is 2.64 bits per heavy atom. The zero-order valence-corrected chi connectivity index (χ0v) is 15.4. The molecule has 138 valence electrons. The van der Waals surface area contributed by atoms with Gasteiger partial charge in [-0.2, -0.15) is 15.8 Å². The highest BCUT2D eigenvalue weighted by Crippen LogP contribution is 2.62. The number of hydrogen-bond donors (Lipinski definition) is 2. The summed E-state index contributed by atoms with van der Waals surface area (Å²) in [7, 11) is 0. The van der Waals surface area contributed by atoms with Crippen LogP contribution in [0.15, 0.2) is 47.2 Å². The summed E-state index contributed by atoms with van der Waals surface area (Å²) < 4.78 is 0. The van der Waals surface area contributed by atoms with E-state index in [1.807, 2.05) is 25.1 Å². The van der Waals surface area contributed by atoms with Crippen LogP contribution in [-0.2, 0) is 10.2 Å². The highest BCUT2D eigenvalue weighted by Gasteiger charge is 2.71. The average molecular weight is 370 g/mol. The highest BCUT2D eigenvalue weighted by atomic mass is 16.2. The molecule has 7 nitrogen and oxygen atoms in total. The third-order valence-electron chi connectivity index (χ3n) is 6.31. The number of nitrogens with zero attached hydrogens (tertiary/aromatic N) is 4. The molecule has 2 aliphatic heterocycles. The minimum absolute atomic E-state index is 0.140. The predicted octanol–water partition coefficient (Wildman–Crippen LogP) is 1.54. The van der Waals surface area contributed by atoms with Crippen LogP contribution in [0.25, 0.3) is 0 Å². The number of nitrogens with two attached hydrogens (primary N) is 1. The first-order valence-electron chi connectivity index (χ1n) is 9.08. The first-order valence-corrected chi connectivity index (χ1v) is 9.08. The van der Waals surface area contributed by atoms with E-state index in [0.29, 0.717) is 29.9 Å². The lowest BCUT2D eigenvalue weighted by Gasteiger charge is -2.50.